The molecular formula is C15H23NO2S. The fraction of sp³-hybridized carbons (Fsp3) is 0.600. The van der Waals surface area contributed by atoms with Gasteiger partial charge in [-0.05, 0) is 49.8 Å². The Morgan fingerprint density at radius 3 is 2.79 bits per heavy atom. The molecule has 2 N–H and O–H groups in total. The van der Waals surface area contributed by atoms with Gasteiger partial charge in [0.25, 0.3) is 0 Å². The molecule has 1 atom stereocenters. The van der Waals surface area contributed by atoms with E-state index in [-0.39, 0.29) is 6.04 Å². The number of benzene rings is 1. The van der Waals surface area contributed by atoms with E-state index in [9.17, 15) is 5.11 Å². The van der Waals surface area contributed by atoms with E-state index in [2.05, 4.69) is 24.0 Å². The first-order valence-electron chi connectivity index (χ1n) is 6.88. The lowest BCUT2D eigenvalue weighted by atomic mass is 10.0. The first kappa shape index (κ1) is 14.5. The number of aromatic hydroxyl groups is 1. The molecule has 1 aromatic carbocycles. The van der Waals surface area contributed by atoms with Crippen LogP contribution in [-0.2, 0) is 0 Å². The highest BCUT2D eigenvalue weighted by atomic mass is 32.2. The zero-order valence-electron chi connectivity index (χ0n) is 11.7. The van der Waals surface area contributed by atoms with Gasteiger partial charge in [0, 0.05) is 17.7 Å². The van der Waals surface area contributed by atoms with E-state index in [0.717, 1.165) is 18.0 Å². The standard InChI is InChI=1S/C15H23NO2S/c1-11(16-10-12-5-7-19-8-6-12)14-4-3-13(18-2)9-15(14)17/h3-4,9,11-12,16-17H,5-8,10H2,1-2H3. The number of nitrogens with one attached hydrogen (secondary N) is 1. The van der Waals surface area contributed by atoms with Crippen LogP contribution in [0.4, 0.5) is 0 Å². The lowest BCUT2D eigenvalue weighted by Crippen LogP contribution is -2.28. The minimum Gasteiger partial charge on any atom is -0.507 e. The van der Waals surface area contributed by atoms with Crippen molar-refractivity contribution >= 4 is 11.8 Å². The molecule has 1 saturated heterocycles. The fourth-order valence-electron chi connectivity index (χ4n) is 2.42. The van der Waals surface area contributed by atoms with Crippen LogP contribution < -0.4 is 10.1 Å². The molecule has 1 aliphatic rings. The third-order valence-electron chi connectivity index (χ3n) is 3.76. The van der Waals surface area contributed by atoms with Gasteiger partial charge in [-0.1, -0.05) is 6.07 Å². The van der Waals surface area contributed by atoms with Crippen LogP contribution in [0.2, 0.25) is 0 Å². The second-order valence-electron chi connectivity index (χ2n) is 5.11. The van der Waals surface area contributed by atoms with E-state index >= 15 is 0 Å². The Morgan fingerprint density at radius 2 is 2.16 bits per heavy atom. The van der Waals surface area contributed by atoms with Crippen LogP contribution in [0.1, 0.15) is 31.4 Å². The molecule has 1 aliphatic heterocycles. The Hall–Kier alpha value is -0.870. The van der Waals surface area contributed by atoms with Gasteiger partial charge in [-0.25, -0.2) is 0 Å². The topological polar surface area (TPSA) is 41.5 Å². The molecule has 0 radical (unpaired) electrons. The van der Waals surface area contributed by atoms with Gasteiger partial charge >= 0.3 is 0 Å². The van der Waals surface area contributed by atoms with E-state index in [0.29, 0.717) is 11.5 Å². The highest BCUT2D eigenvalue weighted by Gasteiger charge is 2.16. The first-order valence-corrected chi connectivity index (χ1v) is 8.04. The van der Waals surface area contributed by atoms with Crippen LogP contribution in [0, 0.1) is 5.92 Å². The fourth-order valence-corrected chi connectivity index (χ4v) is 3.62. The SMILES string of the molecule is COc1ccc(C(C)NCC2CCSCC2)c(O)c1. The molecule has 1 unspecified atom stereocenters. The van der Waals surface area contributed by atoms with Crippen LogP contribution in [-0.4, -0.2) is 30.3 Å². The number of methoxy groups -OCH3 is 1. The molecular weight excluding hydrogens is 258 g/mol. The van der Waals surface area contributed by atoms with Crippen molar-refractivity contribution in [2.24, 2.45) is 5.92 Å². The second-order valence-corrected chi connectivity index (χ2v) is 6.34. The lowest BCUT2D eigenvalue weighted by Gasteiger charge is -2.24. The van der Waals surface area contributed by atoms with Crippen molar-refractivity contribution < 1.29 is 9.84 Å². The van der Waals surface area contributed by atoms with Gasteiger partial charge in [0.1, 0.15) is 11.5 Å². The predicted molar refractivity (Wildman–Crippen MR) is 81.1 cm³/mol. The van der Waals surface area contributed by atoms with Crippen LogP contribution in [0.25, 0.3) is 0 Å². The molecule has 0 spiro atoms. The van der Waals surface area contributed by atoms with Crippen molar-refractivity contribution in [2.75, 3.05) is 25.2 Å². The summed E-state index contributed by atoms with van der Waals surface area (Å²) in [6, 6.07) is 5.66. The average molecular weight is 281 g/mol. The zero-order valence-corrected chi connectivity index (χ0v) is 12.5. The van der Waals surface area contributed by atoms with E-state index in [1.54, 1.807) is 13.2 Å². The molecule has 106 valence electrons. The summed E-state index contributed by atoms with van der Waals surface area (Å²) in [6.07, 6.45) is 2.61. The molecule has 19 heavy (non-hydrogen) atoms. The summed E-state index contributed by atoms with van der Waals surface area (Å²) in [5.74, 6) is 4.35. The molecule has 0 bridgehead atoms. The Morgan fingerprint density at radius 1 is 1.42 bits per heavy atom. The van der Waals surface area contributed by atoms with Crippen molar-refractivity contribution in [2.45, 2.75) is 25.8 Å². The first-order chi connectivity index (χ1) is 9.20. The molecule has 0 aromatic heterocycles. The molecule has 4 heteroatoms. The number of hydrogen-bond donors (Lipinski definition) is 2. The van der Waals surface area contributed by atoms with Gasteiger partial charge in [0.2, 0.25) is 0 Å². The van der Waals surface area contributed by atoms with E-state index in [4.69, 9.17) is 4.74 Å². The zero-order chi connectivity index (χ0) is 13.7. The van der Waals surface area contributed by atoms with Crippen LogP contribution in [0.3, 0.4) is 0 Å². The Kier molecular flexibility index (Phi) is 5.40. The Bertz CT molecular complexity index is 405. The Balaban J connectivity index is 1.89. The number of phenols is 1. The highest BCUT2D eigenvalue weighted by molar-refractivity contribution is 7.99. The van der Waals surface area contributed by atoms with Gasteiger partial charge < -0.3 is 15.2 Å². The van der Waals surface area contributed by atoms with Gasteiger partial charge in [0.15, 0.2) is 0 Å². The van der Waals surface area contributed by atoms with E-state index < -0.39 is 0 Å². The normalized spacial score (nSPS) is 18.2. The minimum atomic E-state index is 0.167. The highest BCUT2D eigenvalue weighted by Crippen LogP contribution is 2.29. The quantitative estimate of drug-likeness (QED) is 0.869. The smallest absolute Gasteiger partial charge is 0.124 e. The van der Waals surface area contributed by atoms with E-state index in [1.807, 2.05) is 12.1 Å². The van der Waals surface area contributed by atoms with Crippen molar-refractivity contribution in [3.8, 4) is 11.5 Å². The minimum absolute atomic E-state index is 0.167. The predicted octanol–water partition coefficient (Wildman–Crippen LogP) is 3.19. The number of thioether (sulfide) groups is 1. The summed E-state index contributed by atoms with van der Waals surface area (Å²) in [7, 11) is 1.61. The number of hydrogen-bond acceptors (Lipinski definition) is 4. The van der Waals surface area contributed by atoms with Crippen molar-refractivity contribution in [1.82, 2.24) is 5.32 Å². The summed E-state index contributed by atoms with van der Waals surface area (Å²) >= 11 is 2.05. The number of rotatable bonds is 5. The van der Waals surface area contributed by atoms with Crippen molar-refractivity contribution in [3.63, 3.8) is 0 Å². The molecule has 1 fully saturated rings. The lowest BCUT2D eigenvalue weighted by molar-refractivity contribution is 0.396. The molecule has 0 aliphatic carbocycles. The summed E-state index contributed by atoms with van der Waals surface area (Å²) in [4.78, 5) is 0. The monoisotopic (exact) mass is 281 g/mol. The van der Waals surface area contributed by atoms with Crippen LogP contribution >= 0.6 is 11.8 Å². The number of phenolic OH excluding ortho intramolecular Hbond substituents is 1. The third kappa shape index (κ3) is 4.05. The molecule has 0 amide bonds. The largest absolute Gasteiger partial charge is 0.507 e. The summed E-state index contributed by atoms with van der Waals surface area (Å²) in [5.41, 5.74) is 0.936. The Labute approximate surface area is 119 Å². The maximum atomic E-state index is 10.0. The summed E-state index contributed by atoms with van der Waals surface area (Å²) in [5, 5.41) is 13.5. The molecule has 2 rings (SSSR count). The molecule has 1 heterocycles. The second kappa shape index (κ2) is 7.06. The van der Waals surface area contributed by atoms with Crippen LogP contribution in [0.5, 0.6) is 11.5 Å². The molecule has 1 aromatic rings. The van der Waals surface area contributed by atoms with E-state index in [1.165, 1.54) is 24.3 Å². The summed E-state index contributed by atoms with van der Waals surface area (Å²) in [6.45, 7) is 3.13. The molecule has 3 nitrogen and oxygen atoms in total. The maximum absolute atomic E-state index is 10.0. The summed E-state index contributed by atoms with van der Waals surface area (Å²) < 4.78 is 5.10. The maximum Gasteiger partial charge on any atom is 0.124 e. The van der Waals surface area contributed by atoms with Gasteiger partial charge in [0.05, 0.1) is 7.11 Å². The number of ether oxygens (including phenoxy) is 1. The van der Waals surface area contributed by atoms with Crippen LogP contribution in [0.15, 0.2) is 18.2 Å². The van der Waals surface area contributed by atoms with Crippen molar-refractivity contribution in [3.05, 3.63) is 23.8 Å². The van der Waals surface area contributed by atoms with Gasteiger partial charge in [-0.15, -0.1) is 0 Å². The third-order valence-corrected chi connectivity index (χ3v) is 4.81. The van der Waals surface area contributed by atoms with Gasteiger partial charge in [-0.3, -0.25) is 0 Å². The van der Waals surface area contributed by atoms with Gasteiger partial charge in [-0.2, -0.15) is 11.8 Å². The average Bonchev–Trinajstić information content (AvgIpc) is 2.45. The molecule has 0 saturated carbocycles. The van der Waals surface area contributed by atoms with Crippen molar-refractivity contribution in [1.29, 1.82) is 0 Å².